The Morgan fingerprint density at radius 2 is 1.78 bits per heavy atom. The van der Waals surface area contributed by atoms with Crippen molar-refractivity contribution in [3.8, 4) is 5.75 Å². The summed E-state index contributed by atoms with van der Waals surface area (Å²) in [7, 11) is 1.59. The largest absolute Gasteiger partial charge is 0.496 e. The van der Waals surface area contributed by atoms with Crippen molar-refractivity contribution in [2.45, 2.75) is 27.4 Å². The van der Waals surface area contributed by atoms with E-state index in [1.165, 1.54) is 6.08 Å². The molecule has 0 amide bonds. The maximum Gasteiger partial charge on any atom is 0.331 e. The zero-order valence-corrected chi connectivity index (χ0v) is 13.8. The Morgan fingerprint density at radius 3 is 2.52 bits per heavy atom. The minimum atomic E-state index is -0.435. The minimum absolute atomic E-state index is 0.106. The number of carbonyl (C=O) groups is 1. The number of hydrogen-bond donors (Lipinski definition) is 0. The molecular formula is C18H20N2O3. The minimum Gasteiger partial charge on any atom is -0.496 e. The summed E-state index contributed by atoms with van der Waals surface area (Å²) >= 11 is 0. The maximum atomic E-state index is 11.9. The molecule has 2 aromatic rings. The average molecular weight is 312 g/mol. The molecule has 5 nitrogen and oxygen atoms in total. The molecule has 2 rings (SSSR count). The van der Waals surface area contributed by atoms with Gasteiger partial charge in [-0.15, -0.1) is 0 Å². The molecule has 0 fully saturated rings. The molecule has 0 aliphatic carbocycles. The molecule has 0 radical (unpaired) electrons. The van der Waals surface area contributed by atoms with E-state index in [4.69, 9.17) is 9.47 Å². The molecule has 0 saturated heterocycles. The van der Waals surface area contributed by atoms with Gasteiger partial charge in [-0.3, -0.25) is 9.97 Å². The van der Waals surface area contributed by atoms with Gasteiger partial charge in [-0.25, -0.2) is 4.79 Å². The lowest BCUT2D eigenvalue weighted by Crippen LogP contribution is -2.07. The van der Waals surface area contributed by atoms with Gasteiger partial charge in [-0.05, 0) is 32.9 Å². The zero-order valence-electron chi connectivity index (χ0n) is 13.8. The van der Waals surface area contributed by atoms with Crippen LogP contribution in [-0.4, -0.2) is 23.0 Å². The Hall–Kier alpha value is -2.69. The molecule has 0 spiro atoms. The summed E-state index contributed by atoms with van der Waals surface area (Å²) in [6, 6.07) is 7.44. The first-order valence-electron chi connectivity index (χ1n) is 7.30. The lowest BCUT2D eigenvalue weighted by Gasteiger charge is -2.08. The highest BCUT2D eigenvalue weighted by atomic mass is 16.5. The SMILES string of the molecule is COc1ccccc1/C=C/C(=O)OCc1nc(C)c(C)nc1C. The second-order valence-corrected chi connectivity index (χ2v) is 5.11. The summed E-state index contributed by atoms with van der Waals surface area (Å²) in [4.78, 5) is 20.6. The number of aryl methyl sites for hydroxylation is 3. The predicted molar refractivity (Wildman–Crippen MR) is 88.1 cm³/mol. The second kappa shape index (κ2) is 7.54. The number of nitrogens with zero attached hydrogens (tertiary/aromatic N) is 2. The third kappa shape index (κ3) is 4.39. The van der Waals surface area contributed by atoms with Gasteiger partial charge < -0.3 is 9.47 Å². The van der Waals surface area contributed by atoms with Crippen LogP contribution in [0.15, 0.2) is 30.3 Å². The van der Waals surface area contributed by atoms with Crippen LogP contribution < -0.4 is 4.74 Å². The molecule has 0 N–H and O–H groups in total. The highest BCUT2D eigenvalue weighted by Crippen LogP contribution is 2.18. The lowest BCUT2D eigenvalue weighted by atomic mass is 10.2. The summed E-state index contributed by atoms with van der Waals surface area (Å²) in [5.41, 5.74) is 3.98. The van der Waals surface area contributed by atoms with Gasteiger partial charge in [0.15, 0.2) is 0 Å². The lowest BCUT2D eigenvalue weighted by molar-refractivity contribution is -0.139. The van der Waals surface area contributed by atoms with Crippen molar-refractivity contribution in [3.05, 3.63) is 58.7 Å². The van der Waals surface area contributed by atoms with Gasteiger partial charge in [0.1, 0.15) is 12.4 Å². The number of para-hydroxylation sites is 1. The summed E-state index contributed by atoms with van der Waals surface area (Å²) in [6.45, 7) is 5.75. The van der Waals surface area contributed by atoms with Crippen LogP contribution in [0.25, 0.3) is 6.08 Å². The average Bonchev–Trinajstić information content (AvgIpc) is 2.55. The number of rotatable bonds is 5. The standard InChI is InChI=1S/C18H20N2O3/c1-12-13(2)20-16(14(3)19-12)11-23-18(21)10-9-15-7-5-6-8-17(15)22-4/h5-10H,11H2,1-4H3/b10-9+. The Morgan fingerprint density at radius 1 is 1.09 bits per heavy atom. The molecule has 0 atom stereocenters. The number of aromatic nitrogens is 2. The maximum absolute atomic E-state index is 11.9. The van der Waals surface area contributed by atoms with Crippen LogP contribution in [-0.2, 0) is 16.1 Å². The normalized spacial score (nSPS) is 10.8. The first kappa shape index (κ1) is 16.7. The van der Waals surface area contributed by atoms with Crippen LogP contribution >= 0.6 is 0 Å². The number of benzene rings is 1. The molecule has 0 bridgehead atoms. The fourth-order valence-electron chi connectivity index (χ4n) is 2.05. The van der Waals surface area contributed by atoms with Crippen LogP contribution in [0.5, 0.6) is 5.75 Å². The highest BCUT2D eigenvalue weighted by molar-refractivity contribution is 5.87. The molecule has 1 aromatic carbocycles. The van der Waals surface area contributed by atoms with Gasteiger partial charge in [-0.1, -0.05) is 18.2 Å². The molecule has 0 saturated carbocycles. The van der Waals surface area contributed by atoms with Gasteiger partial charge in [0, 0.05) is 11.6 Å². The Kier molecular flexibility index (Phi) is 5.46. The van der Waals surface area contributed by atoms with E-state index in [-0.39, 0.29) is 6.61 Å². The van der Waals surface area contributed by atoms with E-state index in [2.05, 4.69) is 9.97 Å². The van der Waals surface area contributed by atoms with E-state index < -0.39 is 5.97 Å². The Balaban J connectivity index is 2.00. The highest BCUT2D eigenvalue weighted by Gasteiger charge is 2.07. The molecule has 23 heavy (non-hydrogen) atoms. The third-order valence-corrected chi connectivity index (χ3v) is 3.47. The number of hydrogen-bond acceptors (Lipinski definition) is 5. The van der Waals surface area contributed by atoms with Gasteiger partial charge >= 0.3 is 5.97 Å². The summed E-state index contributed by atoms with van der Waals surface area (Å²) < 4.78 is 10.5. The number of ether oxygens (including phenoxy) is 2. The van der Waals surface area contributed by atoms with Gasteiger partial charge in [0.05, 0.1) is 29.9 Å². The Bertz CT molecular complexity index is 739. The number of methoxy groups -OCH3 is 1. The molecule has 0 unspecified atom stereocenters. The summed E-state index contributed by atoms with van der Waals surface area (Å²) in [5, 5.41) is 0. The van der Waals surface area contributed by atoms with E-state index in [1.54, 1.807) is 13.2 Å². The first-order valence-corrected chi connectivity index (χ1v) is 7.30. The van der Waals surface area contributed by atoms with Crippen molar-refractivity contribution in [2.24, 2.45) is 0 Å². The summed E-state index contributed by atoms with van der Waals surface area (Å²) in [5.74, 6) is 0.266. The van der Waals surface area contributed by atoms with Crippen molar-refractivity contribution in [1.29, 1.82) is 0 Å². The smallest absolute Gasteiger partial charge is 0.331 e. The predicted octanol–water partition coefficient (Wildman–Crippen LogP) is 3.17. The fraction of sp³-hybridized carbons (Fsp3) is 0.278. The number of carbonyl (C=O) groups excluding carboxylic acids is 1. The van der Waals surface area contributed by atoms with E-state index in [0.717, 1.165) is 22.6 Å². The fourth-order valence-corrected chi connectivity index (χ4v) is 2.05. The molecule has 1 aromatic heterocycles. The van der Waals surface area contributed by atoms with Gasteiger partial charge in [-0.2, -0.15) is 0 Å². The van der Waals surface area contributed by atoms with Crippen LogP contribution in [0.3, 0.4) is 0 Å². The summed E-state index contributed by atoms with van der Waals surface area (Å²) in [6.07, 6.45) is 3.04. The quantitative estimate of drug-likeness (QED) is 0.627. The van der Waals surface area contributed by atoms with E-state index in [0.29, 0.717) is 11.4 Å². The van der Waals surface area contributed by atoms with Crippen molar-refractivity contribution in [3.63, 3.8) is 0 Å². The topological polar surface area (TPSA) is 61.3 Å². The van der Waals surface area contributed by atoms with Gasteiger partial charge in [0.2, 0.25) is 0 Å². The van der Waals surface area contributed by atoms with Crippen molar-refractivity contribution >= 4 is 12.0 Å². The molecule has 0 aliphatic rings. The molecule has 0 aliphatic heterocycles. The van der Waals surface area contributed by atoms with Crippen LogP contribution in [0.4, 0.5) is 0 Å². The number of esters is 1. The zero-order chi connectivity index (χ0) is 16.8. The van der Waals surface area contributed by atoms with Crippen molar-refractivity contribution < 1.29 is 14.3 Å². The molecule has 1 heterocycles. The van der Waals surface area contributed by atoms with E-state index in [1.807, 2.05) is 45.0 Å². The van der Waals surface area contributed by atoms with Crippen LogP contribution in [0.2, 0.25) is 0 Å². The molecule has 5 heteroatoms. The second-order valence-electron chi connectivity index (χ2n) is 5.11. The van der Waals surface area contributed by atoms with Crippen molar-refractivity contribution in [1.82, 2.24) is 9.97 Å². The van der Waals surface area contributed by atoms with E-state index >= 15 is 0 Å². The molecule has 120 valence electrons. The monoisotopic (exact) mass is 312 g/mol. The van der Waals surface area contributed by atoms with E-state index in [9.17, 15) is 4.79 Å². The van der Waals surface area contributed by atoms with Crippen LogP contribution in [0.1, 0.15) is 28.3 Å². The Labute approximate surface area is 136 Å². The van der Waals surface area contributed by atoms with Crippen LogP contribution in [0, 0.1) is 20.8 Å². The first-order chi connectivity index (χ1) is 11.0. The molecular weight excluding hydrogens is 292 g/mol. The third-order valence-electron chi connectivity index (χ3n) is 3.47. The van der Waals surface area contributed by atoms with Crippen molar-refractivity contribution in [2.75, 3.05) is 7.11 Å². The van der Waals surface area contributed by atoms with Gasteiger partial charge in [0.25, 0.3) is 0 Å².